The number of rotatable bonds is 0. The molecule has 0 aromatic carbocycles. The maximum atomic E-state index is 3.44. The van der Waals surface area contributed by atoms with E-state index < -0.39 is 0 Å². The summed E-state index contributed by atoms with van der Waals surface area (Å²) >= 11 is 13.2. The van der Waals surface area contributed by atoms with E-state index in [1.54, 1.807) is 11.3 Å². The van der Waals surface area contributed by atoms with Gasteiger partial charge >= 0.3 is 0 Å². The molecule has 0 radical (unpaired) electrons. The monoisotopic (exact) mass is 492 g/mol. The maximum absolute atomic E-state index is 3.44. The predicted molar refractivity (Wildman–Crippen MR) is 65.2 cm³/mol. The first-order valence-corrected chi connectivity index (χ1v) is 6.47. The van der Waals surface area contributed by atoms with Crippen LogP contribution in [0.1, 0.15) is 0 Å². The summed E-state index contributed by atoms with van der Waals surface area (Å²) < 4.78 is 5.01. The van der Waals surface area contributed by atoms with Gasteiger partial charge in [-0.05, 0) is 77.0 Å². The van der Waals surface area contributed by atoms with Gasteiger partial charge in [-0.15, -0.1) is 11.3 Å². The second kappa shape index (κ2) is 3.68. The van der Waals surface area contributed by atoms with Crippen molar-refractivity contribution in [1.29, 1.82) is 0 Å². The lowest BCUT2D eigenvalue weighted by Crippen LogP contribution is -1.66. The minimum absolute atomic E-state index is 1.21. The van der Waals surface area contributed by atoms with Crippen molar-refractivity contribution in [3.05, 3.63) is 14.7 Å². The number of thiophene rings is 1. The first kappa shape index (κ1) is 9.21. The maximum Gasteiger partial charge on any atom is 0.0854 e. The summed E-state index contributed by atoms with van der Waals surface area (Å²) in [4.78, 5) is 0. The summed E-state index contributed by atoms with van der Waals surface area (Å²) in [5.74, 6) is 0. The van der Waals surface area contributed by atoms with E-state index in [-0.39, 0.29) is 0 Å². The minimum Gasteiger partial charge on any atom is -0.119 e. The Morgan fingerprint density at radius 3 is 1.44 bits per heavy atom. The minimum atomic E-state index is 1.21. The van der Waals surface area contributed by atoms with Gasteiger partial charge in [-0.2, -0.15) is 0 Å². The smallest absolute Gasteiger partial charge is 0.0854 e. The van der Waals surface area contributed by atoms with E-state index >= 15 is 0 Å². The molecular weight excluding hydrogens is 494 g/mol. The number of hydrogen-bond donors (Lipinski definition) is 0. The highest BCUT2D eigenvalue weighted by molar-refractivity contribution is 14.1. The van der Waals surface area contributed by atoms with E-state index in [4.69, 9.17) is 0 Å². The Balaban J connectivity index is 3.29. The fourth-order valence-electron chi connectivity index (χ4n) is 0.341. The molecule has 1 heterocycles. The third kappa shape index (κ3) is 2.03. The Bertz CT molecular complexity index is 210. The average molecular weight is 494 g/mol. The normalized spacial score (nSPS) is 10.2. The molecule has 9 heavy (non-hydrogen) atoms. The molecule has 0 aliphatic rings. The first-order valence-electron chi connectivity index (χ1n) is 1.91. The first-order chi connectivity index (χ1) is 4.13. The van der Waals surface area contributed by atoms with E-state index in [0.717, 1.165) is 0 Å². The Labute approximate surface area is 101 Å². The van der Waals surface area contributed by atoms with Gasteiger partial charge < -0.3 is 0 Å². The molecule has 0 N–H and O–H groups in total. The van der Waals surface area contributed by atoms with Crippen LogP contribution >= 0.6 is 88.4 Å². The molecule has 0 amide bonds. The Morgan fingerprint density at radius 2 is 1.33 bits per heavy atom. The lowest BCUT2D eigenvalue weighted by Gasteiger charge is -1.82. The van der Waals surface area contributed by atoms with Gasteiger partial charge in [0.25, 0.3) is 0 Å². The molecule has 1 aromatic rings. The molecule has 5 heteroatoms. The SMILES string of the molecule is Brc1sc(Br)c(I)c1I. The van der Waals surface area contributed by atoms with Crippen molar-refractivity contribution < 1.29 is 0 Å². The molecule has 1 rings (SSSR count). The van der Waals surface area contributed by atoms with Crippen LogP contribution in [-0.4, -0.2) is 0 Å². The van der Waals surface area contributed by atoms with Crippen LogP contribution in [0.5, 0.6) is 0 Å². The van der Waals surface area contributed by atoms with Crippen molar-refractivity contribution >= 4 is 88.4 Å². The summed E-state index contributed by atoms with van der Waals surface area (Å²) in [5, 5.41) is 0. The second-order valence-electron chi connectivity index (χ2n) is 1.28. The summed E-state index contributed by atoms with van der Waals surface area (Å²) in [6.07, 6.45) is 0. The molecule has 0 spiro atoms. The van der Waals surface area contributed by atoms with Crippen LogP contribution < -0.4 is 0 Å². The van der Waals surface area contributed by atoms with Crippen LogP contribution in [0.15, 0.2) is 7.57 Å². The topological polar surface area (TPSA) is 0 Å². The highest BCUT2D eigenvalue weighted by Gasteiger charge is 2.08. The van der Waals surface area contributed by atoms with Crippen LogP contribution in [0, 0.1) is 7.14 Å². The van der Waals surface area contributed by atoms with Gasteiger partial charge in [0, 0.05) is 0 Å². The molecule has 1 aromatic heterocycles. The molecular formula is C4Br2I2S. The van der Waals surface area contributed by atoms with E-state index in [1.807, 2.05) is 0 Å². The molecule has 0 nitrogen and oxygen atoms in total. The van der Waals surface area contributed by atoms with Crippen LogP contribution in [0.25, 0.3) is 0 Å². The zero-order chi connectivity index (χ0) is 7.02. The zero-order valence-corrected chi connectivity index (χ0v) is 12.2. The van der Waals surface area contributed by atoms with Crippen molar-refractivity contribution in [2.75, 3.05) is 0 Å². The fraction of sp³-hybridized carbons (Fsp3) is 0. The van der Waals surface area contributed by atoms with Gasteiger partial charge in [0.15, 0.2) is 0 Å². The van der Waals surface area contributed by atoms with Crippen molar-refractivity contribution in [2.45, 2.75) is 0 Å². The molecule has 0 aliphatic carbocycles. The third-order valence-electron chi connectivity index (χ3n) is 0.717. The van der Waals surface area contributed by atoms with E-state index in [1.165, 1.54) is 14.7 Å². The van der Waals surface area contributed by atoms with Crippen LogP contribution in [0.3, 0.4) is 0 Å². The summed E-state index contributed by atoms with van der Waals surface area (Å²) in [7, 11) is 0. The highest BCUT2D eigenvalue weighted by atomic mass is 127. The lowest BCUT2D eigenvalue weighted by molar-refractivity contribution is 1.71. The number of hydrogen-bond acceptors (Lipinski definition) is 1. The molecule has 50 valence electrons. The van der Waals surface area contributed by atoms with Crippen molar-refractivity contribution in [3.63, 3.8) is 0 Å². The number of halogens is 4. The van der Waals surface area contributed by atoms with Gasteiger partial charge in [-0.1, -0.05) is 0 Å². The predicted octanol–water partition coefficient (Wildman–Crippen LogP) is 4.48. The van der Waals surface area contributed by atoms with Crippen LogP contribution in [-0.2, 0) is 0 Å². The van der Waals surface area contributed by atoms with Crippen molar-refractivity contribution in [2.24, 2.45) is 0 Å². The highest BCUT2D eigenvalue weighted by Crippen LogP contribution is 2.38. The largest absolute Gasteiger partial charge is 0.119 e. The standard InChI is InChI=1S/C4Br2I2S/c5-3-1(7)2(8)4(6)9-3. The molecule has 0 saturated heterocycles. The van der Waals surface area contributed by atoms with E-state index in [0.29, 0.717) is 0 Å². The average Bonchev–Trinajstić information content (AvgIpc) is 1.98. The summed E-state index contributed by atoms with van der Waals surface area (Å²) in [6.45, 7) is 0. The Morgan fingerprint density at radius 1 is 1.00 bits per heavy atom. The van der Waals surface area contributed by atoms with Gasteiger partial charge in [0.1, 0.15) is 0 Å². The Hall–Kier alpha value is 2.12. The van der Waals surface area contributed by atoms with Crippen molar-refractivity contribution in [3.8, 4) is 0 Å². The molecule has 0 saturated carbocycles. The quantitative estimate of drug-likeness (QED) is 0.468. The molecule has 0 unspecified atom stereocenters. The van der Waals surface area contributed by atoms with Crippen molar-refractivity contribution in [1.82, 2.24) is 0 Å². The van der Waals surface area contributed by atoms with Gasteiger partial charge in [-0.3, -0.25) is 0 Å². The third-order valence-corrected chi connectivity index (χ3v) is 8.65. The molecule has 0 aliphatic heterocycles. The molecule has 0 atom stereocenters. The fourth-order valence-corrected chi connectivity index (χ4v) is 5.21. The van der Waals surface area contributed by atoms with Gasteiger partial charge in [0.2, 0.25) is 0 Å². The van der Waals surface area contributed by atoms with Crippen LogP contribution in [0.2, 0.25) is 0 Å². The molecule has 0 fully saturated rings. The lowest BCUT2D eigenvalue weighted by atomic mass is 10.7. The van der Waals surface area contributed by atoms with E-state index in [2.05, 4.69) is 77.0 Å². The van der Waals surface area contributed by atoms with E-state index in [9.17, 15) is 0 Å². The van der Waals surface area contributed by atoms with Crippen LogP contribution in [0.4, 0.5) is 0 Å². The second-order valence-corrected chi connectivity index (χ2v) is 7.09. The Kier molecular flexibility index (Phi) is 3.77. The summed E-state index contributed by atoms with van der Waals surface area (Å²) in [6, 6.07) is 0. The van der Waals surface area contributed by atoms with Gasteiger partial charge in [-0.25, -0.2) is 0 Å². The zero-order valence-electron chi connectivity index (χ0n) is 3.92. The molecule has 0 bridgehead atoms. The van der Waals surface area contributed by atoms with Gasteiger partial charge in [0.05, 0.1) is 14.7 Å². The summed E-state index contributed by atoms with van der Waals surface area (Å²) in [5.41, 5.74) is 0.